The Morgan fingerprint density at radius 3 is 2.77 bits per heavy atom. The van der Waals surface area contributed by atoms with Crippen molar-refractivity contribution in [3.63, 3.8) is 0 Å². The molecule has 134 valence electrons. The Labute approximate surface area is 155 Å². The largest absolute Gasteiger partial charge is 0.351 e. The van der Waals surface area contributed by atoms with Crippen LogP contribution in [-0.2, 0) is 17.9 Å². The number of hydrogen-bond acceptors (Lipinski definition) is 6. The third-order valence-corrected chi connectivity index (χ3v) is 5.06. The van der Waals surface area contributed by atoms with Gasteiger partial charge in [0.05, 0.1) is 18.1 Å². The van der Waals surface area contributed by atoms with Crippen LogP contribution in [0.3, 0.4) is 0 Å². The van der Waals surface area contributed by atoms with Gasteiger partial charge in [-0.05, 0) is 34.4 Å². The zero-order valence-corrected chi connectivity index (χ0v) is 15.0. The number of carbonyl (C=O) groups excluding carboxylic acids is 1. The molecule has 1 aliphatic rings. The topological polar surface area (TPSA) is 90.5 Å². The molecule has 1 amide bonds. The summed E-state index contributed by atoms with van der Waals surface area (Å²) in [5.74, 6) is 0.286. The van der Waals surface area contributed by atoms with E-state index in [0.29, 0.717) is 23.5 Å². The number of aromatic nitrogens is 6. The number of imidazole rings is 1. The molecule has 0 radical (unpaired) electrons. The fourth-order valence-electron chi connectivity index (χ4n) is 2.56. The van der Waals surface area contributed by atoms with Gasteiger partial charge in [-0.15, -0.1) is 5.10 Å². The van der Waals surface area contributed by atoms with E-state index in [2.05, 4.69) is 38.0 Å². The van der Waals surface area contributed by atoms with Gasteiger partial charge >= 0.3 is 0 Å². The molecular weight excluding hydrogens is 350 g/mol. The number of tetrazole rings is 1. The van der Waals surface area contributed by atoms with Gasteiger partial charge in [-0.25, -0.2) is 9.67 Å². The Balaban J connectivity index is 1.23. The third kappa shape index (κ3) is 4.29. The lowest BCUT2D eigenvalue weighted by Gasteiger charge is -2.07. The van der Waals surface area contributed by atoms with Crippen molar-refractivity contribution in [1.29, 1.82) is 0 Å². The molecule has 0 atom stereocenters. The molecular formula is C17H19N7OS. The minimum absolute atomic E-state index is 0.0251. The zero-order valence-electron chi connectivity index (χ0n) is 14.2. The lowest BCUT2D eigenvalue weighted by Crippen LogP contribution is -2.24. The number of rotatable bonds is 8. The van der Waals surface area contributed by atoms with E-state index in [1.165, 1.54) is 17.3 Å². The van der Waals surface area contributed by atoms with Crippen LogP contribution in [0.2, 0.25) is 0 Å². The molecule has 0 spiro atoms. The van der Waals surface area contributed by atoms with Gasteiger partial charge < -0.3 is 9.88 Å². The lowest BCUT2D eigenvalue weighted by atomic mass is 10.1. The molecule has 3 aromatic rings. The molecule has 0 saturated heterocycles. The van der Waals surface area contributed by atoms with Crippen molar-refractivity contribution in [2.24, 2.45) is 0 Å². The van der Waals surface area contributed by atoms with Crippen molar-refractivity contribution in [3.8, 4) is 0 Å². The van der Waals surface area contributed by atoms with Crippen molar-refractivity contribution >= 4 is 17.7 Å². The first-order valence-electron chi connectivity index (χ1n) is 8.49. The molecule has 0 aliphatic heterocycles. The van der Waals surface area contributed by atoms with E-state index >= 15 is 0 Å². The Bertz CT molecular complexity index is 856. The van der Waals surface area contributed by atoms with Crippen LogP contribution in [0.4, 0.5) is 0 Å². The molecule has 0 unspecified atom stereocenters. The van der Waals surface area contributed by atoms with Crippen molar-refractivity contribution < 1.29 is 4.79 Å². The summed E-state index contributed by atoms with van der Waals surface area (Å²) in [5.41, 5.74) is 2.26. The monoisotopic (exact) mass is 369 g/mol. The van der Waals surface area contributed by atoms with Gasteiger partial charge in [-0.1, -0.05) is 36.0 Å². The molecule has 1 saturated carbocycles. The summed E-state index contributed by atoms with van der Waals surface area (Å²) in [5, 5.41) is 15.3. The summed E-state index contributed by atoms with van der Waals surface area (Å²) in [6, 6.07) is 8.62. The average molecular weight is 369 g/mol. The van der Waals surface area contributed by atoms with E-state index < -0.39 is 0 Å². The van der Waals surface area contributed by atoms with Crippen LogP contribution in [0.15, 0.2) is 48.1 Å². The van der Waals surface area contributed by atoms with Crippen molar-refractivity contribution in [2.75, 3.05) is 5.75 Å². The molecule has 4 rings (SSSR count). The summed E-state index contributed by atoms with van der Waals surface area (Å²) in [7, 11) is 0. The van der Waals surface area contributed by atoms with E-state index in [4.69, 9.17) is 0 Å². The highest BCUT2D eigenvalue weighted by Gasteiger charge is 2.28. The van der Waals surface area contributed by atoms with Crippen LogP contribution in [0.5, 0.6) is 0 Å². The first kappa shape index (κ1) is 16.8. The Morgan fingerprint density at radius 2 is 2.04 bits per heavy atom. The second-order valence-corrected chi connectivity index (χ2v) is 7.20. The van der Waals surface area contributed by atoms with E-state index in [0.717, 1.165) is 24.9 Å². The number of benzene rings is 1. The molecule has 9 heteroatoms. The van der Waals surface area contributed by atoms with Crippen molar-refractivity contribution in [3.05, 3.63) is 54.1 Å². The maximum atomic E-state index is 12.1. The minimum atomic E-state index is -0.0251. The van der Waals surface area contributed by atoms with Gasteiger partial charge in [-0.3, -0.25) is 4.79 Å². The maximum absolute atomic E-state index is 12.1. The Kier molecular flexibility index (Phi) is 4.96. The number of carbonyl (C=O) groups is 1. The van der Waals surface area contributed by atoms with Crippen LogP contribution in [-0.4, -0.2) is 41.4 Å². The summed E-state index contributed by atoms with van der Waals surface area (Å²) in [6.45, 7) is 1.30. The van der Waals surface area contributed by atoms with Crippen LogP contribution in [0.25, 0.3) is 0 Å². The molecule has 0 bridgehead atoms. The van der Waals surface area contributed by atoms with Gasteiger partial charge in [0.1, 0.15) is 0 Å². The summed E-state index contributed by atoms with van der Waals surface area (Å²) >= 11 is 1.38. The average Bonchev–Trinajstić information content (AvgIpc) is 3.17. The molecule has 8 nitrogen and oxygen atoms in total. The highest BCUT2D eigenvalue weighted by molar-refractivity contribution is 7.99. The van der Waals surface area contributed by atoms with Gasteiger partial charge in [0, 0.05) is 25.5 Å². The standard InChI is InChI=1S/C17H19N7OS/c25-16(11-26-17-20-21-22-24(17)15-5-6-15)19-9-13-1-3-14(4-2-13)10-23-8-7-18-12-23/h1-4,7-8,12,15H,5-6,9-11H2,(H,19,25). The fraction of sp³-hybridized carbons (Fsp3) is 0.353. The smallest absolute Gasteiger partial charge is 0.230 e. The second-order valence-electron chi connectivity index (χ2n) is 6.25. The zero-order chi connectivity index (χ0) is 17.8. The Morgan fingerprint density at radius 1 is 1.23 bits per heavy atom. The predicted molar refractivity (Wildman–Crippen MR) is 96.4 cm³/mol. The first-order chi connectivity index (χ1) is 12.8. The fourth-order valence-corrected chi connectivity index (χ4v) is 3.34. The highest BCUT2D eigenvalue weighted by Crippen LogP contribution is 2.36. The number of nitrogens with zero attached hydrogens (tertiary/aromatic N) is 6. The van der Waals surface area contributed by atoms with Crippen LogP contribution < -0.4 is 5.32 Å². The van der Waals surface area contributed by atoms with E-state index in [9.17, 15) is 4.79 Å². The van der Waals surface area contributed by atoms with Gasteiger partial charge in [-0.2, -0.15) is 0 Å². The molecule has 2 aromatic heterocycles. The van der Waals surface area contributed by atoms with Gasteiger partial charge in [0.2, 0.25) is 11.1 Å². The summed E-state index contributed by atoms with van der Waals surface area (Å²) < 4.78 is 3.83. The molecule has 1 aliphatic carbocycles. The number of hydrogen-bond donors (Lipinski definition) is 1. The summed E-state index contributed by atoms with van der Waals surface area (Å²) in [6.07, 6.45) is 7.73. The molecule has 1 N–H and O–H groups in total. The SMILES string of the molecule is O=C(CSc1nnnn1C1CC1)NCc1ccc(Cn2ccnc2)cc1. The Hall–Kier alpha value is -2.68. The van der Waals surface area contributed by atoms with Crippen molar-refractivity contribution in [1.82, 2.24) is 35.1 Å². The van der Waals surface area contributed by atoms with Crippen molar-refractivity contribution in [2.45, 2.75) is 37.1 Å². The van der Waals surface area contributed by atoms with E-state index in [-0.39, 0.29) is 5.91 Å². The third-order valence-electron chi connectivity index (χ3n) is 4.12. The molecule has 26 heavy (non-hydrogen) atoms. The van der Waals surface area contributed by atoms with E-state index in [1.54, 1.807) is 12.5 Å². The maximum Gasteiger partial charge on any atom is 0.230 e. The first-order valence-corrected chi connectivity index (χ1v) is 9.47. The summed E-state index contributed by atoms with van der Waals surface area (Å²) in [4.78, 5) is 16.1. The van der Waals surface area contributed by atoms with Gasteiger partial charge in [0.15, 0.2) is 0 Å². The normalized spacial score (nSPS) is 13.7. The minimum Gasteiger partial charge on any atom is -0.351 e. The number of nitrogens with one attached hydrogen (secondary N) is 1. The number of amides is 1. The van der Waals surface area contributed by atoms with Crippen LogP contribution >= 0.6 is 11.8 Å². The molecule has 2 heterocycles. The quantitative estimate of drug-likeness (QED) is 0.607. The lowest BCUT2D eigenvalue weighted by molar-refractivity contribution is -0.118. The predicted octanol–water partition coefficient (Wildman–Crippen LogP) is 1.66. The van der Waals surface area contributed by atoms with E-state index in [1.807, 2.05) is 27.6 Å². The van der Waals surface area contributed by atoms with Crippen LogP contribution in [0.1, 0.15) is 30.0 Å². The molecule has 1 fully saturated rings. The molecule has 1 aromatic carbocycles. The number of thioether (sulfide) groups is 1. The highest BCUT2D eigenvalue weighted by atomic mass is 32.2. The van der Waals surface area contributed by atoms with Crippen LogP contribution in [0, 0.1) is 0 Å². The van der Waals surface area contributed by atoms with Gasteiger partial charge in [0.25, 0.3) is 0 Å². The second kappa shape index (κ2) is 7.69.